The maximum atomic E-state index is 12.9. The summed E-state index contributed by atoms with van der Waals surface area (Å²) in [5, 5.41) is 16.9. The van der Waals surface area contributed by atoms with Crippen LogP contribution in [-0.4, -0.2) is 56.3 Å². The predicted molar refractivity (Wildman–Crippen MR) is 128 cm³/mol. The molecule has 0 N–H and O–H groups in total. The lowest BCUT2D eigenvalue weighted by atomic mass is 10.1. The van der Waals surface area contributed by atoms with Gasteiger partial charge in [0.1, 0.15) is 16.6 Å². The molecule has 0 aromatic carbocycles. The van der Waals surface area contributed by atoms with Crippen molar-refractivity contribution in [2.45, 2.75) is 20.4 Å². The fraction of sp³-hybridized carbons (Fsp3) is 0.304. The molecule has 4 aromatic rings. The van der Waals surface area contributed by atoms with E-state index in [0.29, 0.717) is 16.6 Å². The van der Waals surface area contributed by atoms with Crippen molar-refractivity contribution in [3.8, 4) is 11.3 Å². The molecule has 1 saturated heterocycles. The number of rotatable bonds is 5. The van der Waals surface area contributed by atoms with Gasteiger partial charge in [-0.05, 0) is 31.5 Å². The first-order valence-corrected chi connectivity index (χ1v) is 11.3. The van der Waals surface area contributed by atoms with Gasteiger partial charge in [0.05, 0.1) is 36.5 Å². The third-order valence-electron chi connectivity index (χ3n) is 6.04. The second-order valence-corrected chi connectivity index (χ2v) is 8.56. The van der Waals surface area contributed by atoms with E-state index < -0.39 is 0 Å². The van der Waals surface area contributed by atoms with E-state index in [4.69, 9.17) is 16.1 Å². The number of aromatic nitrogens is 6. The molecular weight excluding hydrogens is 456 g/mol. The summed E-state index contributed by atoms with van der Waals surface area (Å²) in [5.74, 6) is 0.625. The van der Waals surface area contributed by atoms with Gasteiger partial charge in [-0.25, -0.2) is 9.67 Å². The third kappa shape index (κ3) is 4.36. The molecule has 174 valence electrons. The van der Waals surface area contributed by atoms with E-state index >= 15 is 0 Å². The van der Waals surface area contributed by atoms with Crippen LogP contribution in [0.4, 0.5) is 11.4 Å². The Morgan fingerprint density at radius 1 is 1.00 bits per heavy atom. The van der Waals surface area contributed by atoms with E-state index in [0.717, 1.165) is 54.2 Å². The van der Waals surface area contributed by atoms with Gasteiger partial charge in [-0.15, -0.1) is 0 Å². The summed E-state index contributed by atoms with van der Waals surface area (Å²) in [6.07, 6.45) is 6.94. The maximum absolute atomic E-state index is 12.9. The molecular formula is C23H23ClN8O2. The molecule has 1 aliphatic rings. The summed E-state index contributed by atoms with van der Waals surface area (Å²) >= 11 is 5.90. The summed E-state index contributed by atoms with van der Waals surface area (Å²) in [6.45, 7) is 7.31. The number of pyridine rings is 1. The molecule has 34 heavy (non-hydrogen) atoms. The van der Waals surface area contributed by atoms with Gasteiger partial charge in [0, 0.05) is 49.6 Å². The number of hydrogen-bond acceptors (Lipinski definition) is 9. The molecule has 0 amide bonds. The smallest absolute Gasteiger partial charge is 0.269 e. The van der Waals surface area contributed by atoms with E-state index in [1.165, 1.54) is 4.68 Å². The van der Waals surface area contributed by atoms with Crippen molar-refractivity contribution in [1.29, 1.82) is 0 Å². The Hall–Kier alpha value is -3.79. The van der Waals surface area contributed by atoms with Gasteiger partial charge in [0.2, 0.25) is 0 Å². The minimum Gasteiger partial charge on any atom is -0.367 e. The zero-order valence-electron chi connectivity index (χ0n) is 18.8. The van der Waals surface area contributed by atoms with Gasteiger partial charge in [0.25, 0.3) is 5.56 Å². The summed E-state index contributed by atoms with van der Waals surface area (Å²) in [4.78, 5) is 21.5. The fourth-order valence-corrected chi connectivity index (χ4v) is 4.21. The lowest BCUT2D eigenvalue weighted by Crippen LogP contribution is -2.47. The highest BCUT2D eigenvalue weighted by atomic mass is 35.5. The second kappa shape index (κ2) is 9.22. The van der Waals surface area contributed by atoms with Crippen LogP contribution in [0.1, 0.15) is 16.9 Å². The molecule has 5 rings (SSSR count). The summed E-state index contributed by atoms with van der Waals surface area (Å²) in [6, 6.07) is 5.14. The van der Waals surface area contributed by atoms with Crippen LogP contribution in [0.25, 0.3) is 11.3 Å². The predicted octanol–water partition coefficient (Wildman–Crippen LogP) is 2.73. The minimum absolute atomic E-state index is 0.185. The lowest BCUT2D eigenvalue weighted by Gasteiger charge is -2.37. The molecule has 0 bridgehead atoms. The molecule has 0 unspecified atom stereocenters. The van der Waals surface area contributed by atoms with Gasteiger partial charge >= 0.3 is 0 Å². The highest BCUT2D eigenvalue weighted by Gasteiger charge is 2.21. The van der Waals surface area contributed by atoms with Crippen LogP contribution >= 0.6 is 11.6 Å². The average molecular weight is 479 g/mol. The van der Waals surface area contributed by atoms with Crippen molar-refractivity contribution >= 4 is 23.0 Å². The molecule has 0 saturated carbocycles. The van der Waals surface area contributed by atoms with Crippen molar-refractivity contribution in [1.82, 2.24) is 30.1 Å². The maximum Gasteiger partial charge on any atom is 0.269 e. The Morgan fingerprint density at radius 3 is 2.47 bits per heavy atom. The Morgan fingerprint density at radius 2 is 1.76 bits per heavy atom. The molecule has 5 heterocycles. The van der Waals surface area contributed by atoms with Crippen molar-refractivity contribution < 1.29 is 4.52 Å². The van der Waals surface area contributed by atoms with Crippen LogP contribution < -0.4 is 15.4 Å². The zero-order chi connectivity index (χ0) is 23.7. The number of aryl methyl sites for hydroxylation is 2. The summed E-state index contributed by atoms with van der Waals surface area (Å²) < 4.78 is 6.81. The van der Waals surface area contributed by atoms with Crippen LogP contribution in [0.5, 0.6) is 0 Å². The summed E-state index contributed by atoms with van der Waals surface area (Å²) in [5.41, 5.74) is 4.99. The normalized spacial score (nSPS) is 14.0. The highest BCUT2D eigenvalue weighted by Crippen LogP contribution is 2.26. The van der Waals surface area contributed by atoms with E-state index in [1.807, 2.05) is 19.9 Å². The van der Waals surface area contributed by atoms with Crippen molar-refractivity contribution in [2.24, 2.45) is 0 Å². The molecule has 4 aromatic heterocycles. The molecule has 11 heteroatoms. The quantitative estimate of drug-likeness (QED) is 0.400. The first kappa shape index (κ1) is 22.0. The molecule has 0 atom stereocenters. The largest absolute Gasteiger partial charge is 0.367 e. The highest BCUT2D eigenvalue weighted by molar-refractivity contribution is 6.29. The Labute approximate surface area is 200 Å². The molecule has 0 spiro atoms. The van der Waals surface area contributed by atoms with Crippen molar-refractivity contribution in [3.05, 3.63) is 75.4 Å². The van der Waals surface area contributed by atoms with E-state index in [1.54, 1.807) is 36.9 Å². The number of piperazine rings is 1. The van der Waals surface area contributed by atoms with Crippen LogP contribution in [0.3, 0.4) is 0 Å². The Balaban J connectivity index is 1.31. The number of hydrogen-bond donors (Lipinski definition) is 0. The Bertz CT molecular complexity index is 1360. The van der Waals surface area contributed by atoms with Crippen LogP contribution in [0.2, 0.25) is 5.15 Å². The van der Waals surface area contributed by atoms with Crippen LogP contribution in [0.15, 0.2) is 52.3 Å². The lowest BCUT2D eigenvalue weighted by molar-refractivity contribution is 0.397. The monoisotopic (exact) mass is 478 g/mol. The van der Waals surface area contributed by atoms with Gasteiger partial charge in [-0.3, -0.25) is 4.79 Å². The van der Waals surface area contributed by atoms with E-state index in [2.05, 4.69) is 35.2 Å². The summed E-state index contributed by atoms with van der Waals surface area (Å²) in [7, 11) is 0. The van der Waals surface area contributed by atoms with Crippen LogP contribution in [-0.2, 0) is 6.54 Å². The number of nitrogens with zero attached hydrogens (tertiary/aromatic N) is 8. The standard InChI is InChI=1S/C23H23ClN8O2/c1-15-10-26-27-13-20(15)31-7-5-30(6-8-31)18-9-22(33)32(28-12-18)14-19-16(2)34-29-23(19)17-3-4-21(24)25-11-17/h3-4,9-13H,5-8,14H2,1-2H3. The SMILES string of the molecule is Cc1cnncc1N1CCN(c2cnn(Cc3c(-c4ccc(Cl)nc4)noc3C)c(=O)c2)CC1. The molecule has 0 aliphatic carbocycles. The van der Waals surface area contributed by atoms with Crippen LogP contribution in [0, 0.1) is 13.8 Å². The Kier molecular flexibility index (Phi) is 5.97. The second-order valence-electron chi connectivity index (χ2n) is 8.18. The number of anilines is 2. The first-order chi connectivity index (χ1) is 16.5. The molecule has 1 fully saturated rings. The van der Waals surface area contributed by atoms with Gasteiger partial charge in [-0.1, -0.05) is 16.8 Å². The molecule has 0 radical (unpaired) electrons. The fourth-order valence-electron chi connectivity index (χ4n) is 4.10. The van der Waals surface area contributed by atoms with E-state index in [-0.39, 0.29) is 12.1 Å². The van der Waals surface area contributed by atoms with Gasteiger partial charge in [0.15, 0.2) is 0 Å². The van der Waals surface area contributed by atoms with Crippen molar-refractivity contribution in [2.75, 3.05) is 36.0 Å². The average Bonchev–Trinajstić information content (AvgIpc) is 3.21. The van der Waals surface area contributed by atoms with Gasteiger partial charge < -0.3 is 14.3 Å². The molecule has 1 aliphatic heterocycles. The number of halogens is 1. The molecule has 10 nitrogen and oxygen atoms in total. The minimum atomic E-state index is -0.185. The van der Waals surface area contributed by atoms with Gasteiger partial charge in [-0.2, -0.15) is 15.3 Å². The first-order valence-electron chi connectivity index (χ1n) is 10.9. The van der Waals surface area contributed by atoms with E-state index in [9.17, 15) is 4.79 Å². The topological polar surface area (TPSA) is 106 Å². The van der Waals surface area contributed by atoms with Crippen molar-refractivity contribution in [3.63, 3.8) is 0 Å². The zero-order valence-corrected chi connectivity index (χ0v) is 19.6. The third-order valence-corrected chi connectivity index (χ3v) is 6.26.